The van der Waals surface area contributed by atoms with Crippen molar-refractivity contribution in [3.63, 3.8) is 0 Å². The standard InChI is InChI=1S/C13H8BrClN2/c14-10-5-3-9(4-6-10)12-8-17-7-1-2-11(15)13(17)16-12/h1-8H. The number of benzene rings is 1. The predicted octanol–water partition coefficient (Wildman–Crippen LogP) is 4.42. The molecule has 0 unspecified atom stereocenters. The summed E-state index contributed by atoms with van der Waals surface area (Å²) in [5, 5.41) is 0.663. The molecule has 0 atom stereocenters. The fraction of sp³-hybridized carbons (Fsp3) is 0. The number of aromatic nitrogens is 2. The normalized spacial score (nSPS) is 10.9. The topological polar surface area (TPSA) is 17.3 Å². The van der Waals surface area contributed by atoms with Crippen molar-refractivity contribution in [2.45, 2.75) is 0 Å². The zero-order chi connectivity index (χ0) is 11.8. The Morgan fingerprint density at radius 3 is 2.59 bits per heavy atom. The van der Waals surface area contributed by atoms with E-state index >= 15 is 0 Å². The van der Waals surface area contributed by atoms with Crippen molar-refractivity contribution in [3.05, 3.63) is 58.3 Å². The van der Waals surface area contributed by atoms with Gasteiger partial charge in [-0.3, -0.25) is 0 Å². The molecular formula is C13H8BrClN2. The van der Waals surface area contributed by atoms with Crippen molar-refractivity contribution in [1.29, 1.82) is 0 Å². The first-order valence-electron chi connectivity index (χ1n) is 5.13. The van der Waals surface area contributed by atoms with Crippen LogP contribution in [-0.4, -0.2) is 9.38 Å². The summed E-state index contributed by atoms with van der Waals surface area (Å²) in [7, 11) is 0. The second-order valence-corrected chi connectivity index (χ2v) is 5.04. The van der Waals surface area contributed by atoms with Gasteiger partial charge in [-0.1, -0.05) is 39.7 Å². The molecule has 0 saturated carbocycles. The summed E-state index contributed by atoms with van der Waals surface area (Å²) >= 11 is 9.51. The predicted molar refractivity (Wildman–Crippen MR) is 73.3 cm³/mol. The molecule has 0 bridgehead atoms. The molecule has 0 spiro atoms. The fourth-order valence-electron chi connectivity index (χ4n) is 1.74. The van der Waals surface area contributed by atoms with Crippen molar-refractivity contribution in [2.75, 3.05) is 0 Å². The number of fused-ring (bicyclic) bond motifs is 1. The van der Waals surface area contributed by atoms with Gasteiger partial charge < -0.3 is 4.40 Å². The summed E-state index contributed by atoms with van der Waals surface area (Å²) in [5.74, 6) is 0. The number of hydrogen-bond donors (Lipinski definition) is 0. The lowest BCUT2D eigenvalue weighted by Crippen LogP contribution is -1.80. The average molecular weight is 308 g/mol. The van der Waals surface area contributed by atoms with Crippen LogP contribution in [0.25, 0.3) is 16.9 Å². The van der Waals surface area contributed by atoms with Crippen LogP contribution in [0.5, 0.6) is 0 Å². The molecule has 2 heterocycles. The first-order chi connectivity index (χ1) is 8.24. The van der Waals surface area contributed by atoms with E-state index in [1.807, 2.05) is 53.2 Å². The molecular weight excluding hydrogens is 300 g/mol. The van der Waals surface area contributed by atoms with Crippen molar-refractivity contribution < 1.29 is 0 Å². The van der Waals surface area contributed by atoms with Crippen LogP contribution < -0.4 is 0 Å². The number of pyridine rings is 1. The van der Waals surface area contributed by atoms with E-state index in [0.29, 0.717) is 5.02 Å². The van der Waals surface area contributed by atoms with E-state index in [2.05, 4.69) is 20.9 Å². The molecule has 4 heteroatoms. The van der Waals surface area contributed by atoms with Gasteiger partial charge in [-0.2, -0.15) is 0 Å². The van der Waals surface area contributed by atoms with Crippen LogP contribution in [-0.2, 0) is 0 Å². The summed E-state index contributed by atoms with van der Waals surface area (Å²) in [6.07, 6.45) is 3.92. The summed E-state index contributed by atoms with van der Waals surface area (Å²) in [5.41, 5.74) is 2.78. The van der Waals surface area contributed by atoms with Crippen LogP contribution in [0.4, 0.5) is 0 Å². The molecule has 0 radical (unpaired) electrons. The van der Waals surface area contributed by atoms with E-state index in [-0.39, 0.29) is 0 Å². The van der Waals surface area contributed by atoms with Gasteiger partial charge in [0, 0.05) is 22.4 Å². The Balaban J connectivity index is 2.18. The van der Waals surface area contributed by atoms with E-state index < -0.39 is 0 Å². The highest BCUT2D eigenvalue weighted by molar-refractivity contribution is 9.10. The molecule has 3 rings (SSSR count). The first kappa shape index (κ1) is 10.8. The molecule has 0 aliphatic carbocycles. The average Bonchev–Trinajstić information content (AvgIpc) is 2.75. The minimum Gasteiger partial charge on any atom is -0.305 e. The largest absolute Gasteiger partial charge is 0.305 e. The Bertz CT molecular complexity index is 673. The maximum absolute atomic E-state index is 6.09. The molecule has 2 nitrogen and oxygen atoms in total. The highest BCUT2D eigenvalue weighted by Crippen LogP contribution is 2.24. The van der Waals surface area contributed by atoms with Gasteiger partial charge in [-0.05, 0) is 24.3 Å². The van der Waals surface area contributed by atoms with Crippen LogP contribution in [0.15, 0.2) is 53.3 Å². The number of rotatable bonds is 1. The van der Waals surface area contributed by atoms with Gasteiger partial charge in [0.05, 0.1) is 10.7 Å². The second kappa shape index (κ2) is 4.17. The van der Waals surface area contributed by atoms with Gasteiger partial charge in [0.2, 0.25) is 0 Å². The molecule has 0 fully saturated rings. The number of hydrogen-bond acceptors (Lipinski definition) is 1. The summed E-state index contributed by atoms with van der Waals surface area (Å²) in [6.45, 7) is 0. The lowest BCUT2D eigenvalue weighted by molar-refractivity contribution is 1.19. The highest BCUT2D eigenvalue weighted by Gasteiger charge is 2.06. The Morgan fingerprint density at radius 2 is 1.88 bits per heavy atom. The van der Waals surface area contributed by atoms with Gasteiger partial charge in [-0.15, -0.1) is 0 Å². The SMILES string of the molecule is Clc1cccn2cc(-c3ccc(Br)cc3)nc12. The highest BCUT2D eigenvalue weighted by atomic mass is 79.9. The maximum atomic E-state index is 6.09. The van der Waals surface area contributed by atoms with E-state index in [1.165, 1.54) is 0 Å². The van der Waals surface area contributed by atoms with E-state index in [4.69, 9.17) is 11.6 Å². The zero-order valence-corrected chi connectivity index (χ0v) is 11.1. The molecule has 3 aromatic rings. The number of imidazole rings is 1. The Labute approximate surface area is 112 Å². The van der Waals surface area contributed by atoms with Gasteiger partial charge >= 0.3 is 0 Å². The Hall–Kier alpha value is -1.32. The Morgan fingerprint density at radius 1 is 1.12 bits per heavy atom. The Kier molecular flexibility index (Phi) is 2.65. The summed E-state index contributed by atoms with van der Waals surface area (Å²) in [4.78, 5) is 4.53. The molecule has 0 N–H and O–H groups in total. The summed E-state index contributed by atoms with van der Waals surface area (Å²) in [6, 6.07) is 11.8. The van der Waals surface area contributed by atoms with Crippen molar-refractivity contribution in [3.8, 4) is 11.3 Å². The van der Waals surface area contributed by atoms with Crippen molar-refractivity contribution >= 4 is 33.2 Å². The van der Waals surface area contributed by atoms with E-state index in [1.54, 1.807) is 0 Å². The van der Waals surface area contributed by atoms with E-state index in [0.717, 1.165) is 21.4 Å². The van der Waals surface area contributed by atoms with Crippen LogP contribution in [0, 0.1) is 0 Å². The molecule has 2 aromatic heterocycles. The van der Waals surface area contributed by atoms with E-state index in [9.17, 15) is 0 Å². The quantitative estimate of drug-likeness (QED) is 0.650. The number of nitrogens with zero attached hydrogens (tertiary/aromatic N) is 2. The minimum absolute atomic E-state index is 0.663. The van der Waals surface area contributed by atoms with Gasteiger partial charge in [0.25, 0.3) is 0 Å². The van der Waals surface area contributed by atoms with Crippen LogP contribution >= 0.6 is 27.5 Å². The molecule has 1 aromatic carbocycles. The van der Waals surface area contributed by atoms with Gasteiger partial charge in [0.1, 0.15) is 0 Å². The second-order valence-electron chi connectivity index (χ2n) is 3.72. The third-order valence-electron chi connectivity index (χ3n) is 2.58. The van der Waals surface area contributed by atoms with Crippen LogP contribution in [0.2, 0.25) is 5.02 Å². The maximum Gasteiger partial charge on any atom is 0.156 e. The van der Waals surface area contributed by atoms with Crippen molar-refractivity contribution in [2.24, 2.45) is 0 Å². The smallest absolute Gasteiger partial charge is 0.156 e. The van der Waals surface area contributed by atoms with Gasteiger partial charge in [-0.25, -0.2) is 4.98 Å². The van der Waals surface area contributed by atoms with Crippen molar-refractivity contribution in [1.82, 2.24) is 9.38 Å². The molecule has 17 heavy (non-hydrogen) atoms. The molecule has 0 aliphatic rings. The monoisotopic (exact) mass is 306 g/mol. The molecule has 84 valence electrons. The molecule has 0 amide bonds. The fourth-order valence-corrected chi connectivity index (χ4v) is 2.22. The van der Waals surface area contributed by atoms with Crippen LogP contribution in [0.1, 0.15) is 0 Å². The van der Waals surface area contributed by atoms with Gasteiger partial charge in [0.15, 0.2) is 5.65 Å². The zero-order valence-electron chi connectivity index (χ0n) is 8.77. The third kappa shape index (κ3) is 1.96. The molecule has 0 saturated heterocycles. The molecule has 0 aliphatic heterocycles. The summed E-state index contributed by atoms with van der Waals surface area (Å²) < 4.78 is 2.99. The minimum atomic E-state index is 0.663. The van der Waals surface area contributed by atoms with Crippen LogP contribution in [0.3, 0.4) is 0 Å². The third-order valence-corrected chi connectivity index (χ3v) is 3.40. The first-order valence-corrected chi connectivity index (χ1v) is 6.30. The lowest BCUT2D eigenvalue weighted by atomic mass is 10.2. The lowest BCUT2D eigenvalue weighted by Gasteiger charge is -1.95. The number of halogens is 2.